The summed E-state index contributed by atoms with van der Waals surface area (Å²) >= 11 is 5.78. The minimum absolute atomic E-state index is 0.0448. The molecular formula is C15H14ClFN2O5S. The van der Waals surface area contributed by atoms with Gasteiger partial charge in [0, 0.05) is 17.2 Å². The van der Waals surface area contributed by atoms with Gasteiger partial charge in [-0.2, -0.15) is 8.42 Å². The highest BCUT2D eigenvalue weighted by Crippen LogP contribution is 2.39. The van der Waals surface area contributed by atoms with Gasteiger partial charge in [0.15, 0.2) is 5.82 Å². The molecule has 2 aromatic carbocycles. The summed E-state index contributed by atoms with van der Waals surface area (Å²) in [6, 6.07) is 5.83. The van der Waals surface area contributed by atoms with E-state index < -0.39 is 45.8 Å². The van der Waals surface area contributed by atoms with Gasteiger partial charge in [-0.3, -0.25) is 4.79 Å². The molecule has 0 saturated carbocycles. The molecule has 134 valence electrons. The maximum absolute atomic E-state index is 15.0. The molecule has 0 aliphatic carbocycles. The molecule has 1 aliphatic rings. The van der Waals surface area contributed by atoms with Crippen molar-refractivity contribution in [3.05, 3.63) is 35.6 Å². The molecule has 1 saturated heterocycles. The van der Waals surface area contributed by atoms with Crippen LogP contribution in [-0.4, -0.2) is 43.6 Å². The highest BCUT2D eigenvalue weighted by Gasteiger charge is 2.37. The number of fused-ring (bicyclic) bond motifs is 1. The molecule has 1 heterocycles. The normalized spacial score (nSPS) is 17.7. The quantitative estimate of drug-likeness (QED) is 0.682. The third-order valence-corrected chi connectivity index (χ3v) is 5.75. The summed E-state index contributed by atoms with van der Waals surface area (Å²) in [7, 11) is -4.27. The number of rotatable bonds is 4. The maximum atomic E-state index is 15.0. The number of anilines is 1. The number of aromatic hydroxyl groups is 1. The number of aliphatic hydroxyl groups excluding tert-OH is 1. The third kappa shape index (κ3) is 2.99. The van der Waals surface area contributed by atoms with Gasteiger partial charge in [-0.25, -0.2) is 13.4 Å². The number of benzene rings is 2. The van der Waals surface area contributed by atoms with E-state index in [-0.39, 0.29) is 17.9 Å². The molecule has 1 fully saturated rings. The predicted octanol–water partition coefficient (Wildman–Crippen LogP) is 1.18. The average molecular weight is 389 g/mol. The van der Waals surface area contributed by atoms with Crippen LogP contribution in [0.15, 0.2) is 24.3 Å². The van der Waals surface area contributed by atoms with Gasteiger partial charge in [-0.05, 0) is 23.1 Å². The molecular weight excluding hydrogens is 375 g/mol. The zero-order valence-electron chi connectivity index (χ0n) is 12.7. The van der Waals surface area contributed by atoms with Crippen molar-refractivity contribution in [2.24, 2.45) is 0 Å². The molecule has 1 unspecified atom stereocenters. The first kappa shape index (κ1) is 17.7. The first-order valence-electron chi connectivity index (χ1n) is 7.23. The van der Waals surface area contributed by atoms with Crippen molar-refractivity contribution < 1.29 is 27.8 Å². The first-order valence-corrected chi connectivity index (χ1v) is 9.21. The Labute approximate surface area is 147 Å². The molecule has 25 heavy (non-hydrogen) atoms. The molecule has 1 atom stereocenters. The van der Waals surface area contributed by atoms with Gasteiger partial charge in [-0.1, -0.05) is 12.1 Å². The van der Waals surface area contributed by atoms with Crippen LogP contribution in [0.25, 0.3) is 10.8 Å². The molecule has 7 nitrogen and oxygen atoms in total. The molecule has 0 radical (unpaired) electrons. The summed E-state index contributed by atoms with van der Waals surface area (Å²) in [4.78, 5) is 11.4. The average Bonchev–Trinajstić information content (AvgIpc) is 2.81. The molecule has 1 amide bonds. The fourth-order valence-electron chi connectivity index (χ4n) is 2.73. The second-order valence-electron chi connectivity index (χ2n) is 5.61. The van der Waals surface area contributed by atoms with Crippen LogP contribution in [0, 0.1) is 5.82 Å². The molecule has 3 rings (SSSR count). The van der Waals surface area contributed by atoms with Crippen molar-refractivity contribution in [2.75, 3.05) is 23.3 Å². The number of aliphatic hydroxyl groups is 1. The van der Waals surface area contributed by atoms with E-state index in [0.29, 0.717) is 15.3 Å². The number of carbonyl (C=O) groups excluding carboxylic acids is 1. The van der Waals surface area contributed by atoms with E-state index >= 15 is 4.39 Å². The van der Waals surface area contributed by atoms with E-state index in [2.05, 4.69) is 0 Å². The lowest BCUT2D eigenvalue weighted by Crippen LogP contribution is -2.30. The summed E-state index contributed by atoms with van der Waals surface area (Å²) in [5.74, 6) is -2.71. The zero-order chi connectivity index (χ0) is 18.4. The number of phenols is 1. The van der Waals surface area contributed by atoms with Crippen LogP contribution in [0.5, 0.6) is 5.75 Å². The standard InChI is InChI=1S/C15H14ClFN2O5S/c16-5-10(7-20)8-1-2-9-4-12(21)15(14(17)11(9)3-8)19-6-13(22)18-25(19,23)24/h1-4,10,20-21H,5-7H2,(H,18,22). The fourth-order valence-corrected chi connectivity index (χ4v) is 4.17. The van der Waals surface area contributed by atoms with Crippen LogP contribution in [-0.2, 0) is 15.0 Å². The van der Waals surface area contributed by atoms with Gasteiger partial charge >= 0.3 is 10.2 Å². The Morgan fingerprint density at radius 3 is 2.64 bits per heavy atom. The largest absolute Gasteiger partial charge is 0.506 e. The number of phenolic OH excluding ortho intramolecular Hbond substituents is 1. The summed E-state index contributed by atoms with van der Waals surface area (Å²) < 4.78 is 41.1. The second kappa shape index (κ2) is 6.32. The van der Waals surface area contributed by atoms with E-state index in [4.69, 9.17) is 11.6 Å². The van der Waals surface area contributed by atoms with Crippen molar-refractivity contribution in [1.29, 1.82) is 0 Å². The van der Waals surface area contributed by atoms with E-state index in [0.717, 1.165) is 0 Å². The Morgan fingerprint density at radius 1 is 1.36 bits per heavy atom. The lowest BCUT2D eigenvalue weighted by Gasteiger charge is -2.19. The number of halogens is 2. The predicted molar refractivity (Wildman–Crippen MR) is 90.5 cm³/mol. The number of amides is 1. The SMILES string of the molecule is O=C1CN(c2c(O)cc3ccc(C(CO)CCl)cc3c2F)S(=O)(=O)N1. The van der Waals surface area contributed by atoms with Crippen LogP contribution in [0.2, 0.25) is 0 Å². The highest BCUT2D eigenvalue weighted by atomic mass is 35.5. The summed E-state index contributed by atoms with van der Waals surface area (Å²) in [5.41, 5.74) is -0.0338. The monoisotopic (exact) mass is 388 g/mol. The Morgan fingerprint density at radius 2 is 2.08 bits per heavy atom. The van der Waals surface area contributed by atoms with Crippen LogP contribution in [0.4, 0.5) is 10.1 Å². The molecule has 10 heteroatoms. The van der Waals surface area contributed by atoms with Gasteiger partial charge in [-0.15, -0.1) is 11.6 Å². The minimum Gasteiger partial charge on any atom is -0.506 e. The summed E-state index contributed by atoms with van der Waals surface area (Å²) in [6.07, 6.45) is 0. The van der Waals surface area contributed by atoms with Crippen molar-refractivity contribution >= 4 is 44.2 Å². The van der Waals surface area contributed by atoms with Gasteiger partial charge in [0.1, 0.15) is 18.0 Å². The van der Waals surface area contributed by atoms with Gasteiger partial charge in [0.2, 0.25) is 0 Å². The Bertz CT molecular complexity index is 962. The number of nitrogens with one attached hydrogen (secondary N) is 1. The van der Waals surface area contributed by atoms with Crippen molar-refractivity contribution in [3.8, 4) is 5.75 Å². The van der Waals surface area contributed by atoms with Crippen LogP contribution < -0.4 is 9.03 Å². The van der Waals surface area contributed by atoms with Gasteiger partial charge in [0.25, 0.3) is 5.91 Å². The lowest BCUT2D eigenvalue weighted by atomic mass is 9.97. The van der Waals surface area contributed by atoms with E-state index in [1.165, 1.54) is 18.2 Å². The smallest absolute Gasteiger partial charge is 0.326 e. The van der Waals surface area contributed by atoms with Crippen LogP contribution >= 0.6 is 11.6 Å². The lowest BCUT2D eigenvalue weighted by molar-refractivity contribution is -0.117. The number of hydrogen-bond donors (Lipinski definition) is 3. The summed E-state index contributed by atoms with van der Waals surface area (Å²) in [6.45, 7) is -0.862. The molecule has 0 aromatic heterocycles. The van der Waals surface area contributed by atoms with Crippen LogP contribution in [0.3, 0.4) is 0 Å². The van der Waals surface area contributed by atoms with Crippen LogP contribution in [0.1, 0.15) is 11.5 Å². The van der Waals surface area contributed by atoms with Gasteiger partial charge < -0.3 is 10.2 Å². The van der Waals surface area contributed by atoms with E-state index in [1.807, 2.05) is 0 Å². The Kier molecular flexibility index (Phi) is 4.48. The second-order valence-corrected chi connectivity index (χ2v) is 7.51. The van der Waals surface area contributed by atoms with Crippen molar-refractivity contribution in [2.45, 2.75) is 5.92 Å². The maximum Gasteiger partial charge on any atom is 0.326 e. The number of hydrogen-bond acceptors (Lipinski definition) is 5. The van der Waals surface area contributed by atoms with E-state index in [1.54, 1.807) is 10.8 Å². The topological polar surface area (TPSA) is 107 Å². The fraction of sp³-hybridized carbons (Fsp3) is 0.267. The van der Waals surface area contributed by atoms with Crippen molar-refractivity contribution in [1.82, 2.24) is 4.72 Å². The summed E-state index contributed by atoms with van der Waals surface area (Å²) in [5, 5.41) is 19.8. The first-order chi connectivity index (χ1) is 11.8. The van der Waals surface area contributed by atoms with E-state index in [9.17, 15) is 23.4 Å². The minimum atomic E-state index is -4.27. The third-order valence-electron chi connectivity index (χ3n) is 4.00. The number of nitrogens with zero attached hydrogens (tertiary/aromatic N) is 1. The highest BCUT2D eigenvalue weighted by molar-refractivity contribution is 7.92. The molecule has 3 N–H and O–H groups in total. The Hall–Kier alpha value is -2.10. The molecule has 2 aromatic rings. The molecule has 0 spiro atoms. The Balaban J connectivity index is 2.22. The number of carbonyl (C=O) groups is 1. The molecule has 0 bridgehead atoms. The van der Waals surface area contributed by atoms with Gasteiger partial charge in [0.05, 0.1) is 6.61 Å². The van der Waals surface area contributed by atoms with Crippen molar-refractivity contribution in [3.63, 3.8) is 0 Å². The zero-order valence-corrected chi connectivity index (χ0v) is 14.3. The number of alkyl halides is 1. The molecule has 1 aliphatic heterocycles.